The number of carbonyl (C=O) groups excluding carboxylic acids is 1. The van der Waals surface area contributed by atoms with Gasteiger partial charge in [0.2, 0.25) is 0 Å². The molecule has 15 heavy (non-hydrogen) atoms. The molecule has 0 bridgehead atoms. The van der Waals surface area contributed by atoms with Crippen LogP contribution in [0.2, 0.25) is 18.1 Å². The van der Waals surface area contributed by atoms with Crippen LogP contribution < -0.4 is 0 Å². The van der Waals surface area contributed by atoms with Crippen molar-refractivity contribution in [3.63, 3.8) is 0 Å². The van der Waals surface area contributed by atoms with Gasteiger partial charge in [0, 0.05) is 6.08 Å². The highest BCUT2D eigenvalue weighted by Gasteiger charge is 2.23. The Kier molecular flexibility index (Phi) is 7.39. The summed E-state index contributed by atoms with van der Waals surface area (Å²) in [6.07, 6.45) is 2.54. The van der Waals surface area contributed by atoms with E-state index in [1.807, 2.05) is 6.92 Å². The van der Waals surface area contributed by atoms with Gasteiger partial charge in [-0.3, -0.25) is 0 Å². The molecule has 0 radical (unpaired) electrons. The average Bonchev–Trinajstić information content (AvgIpc) is 2.29. The zero-order valence-electron chi connectivity index (χ0n) is 10.5. The zero-order chi connectivity index (χ0) is 11.7. The normalized spacial score (nSPS) is 12.0. The zero-order valence-corrected chi connectivity index (χ0v) is 11.5. The molecule has 3 heteroatoms. The average molecular weight is 228 g/mol. The largest absolute Gasteiger partial charge is 0.463 e. The fourth-order valence-electron chi connectivity index (χ4n) is 1.60. The van der Waals surface area contributed by atoms with Crippen molar-refractivity contribution in [3.05, 3.63) is 11.8 Å². The number of esters is 1. The number of hydrogen-bond acceptors (Lipinski definition) is 2. The summed E-state index contributed by atoms with van der Waals surface area (Å²) in [6.45, 7) is 9.20. The van der Waals surface area contributed by atoms with Crippen molar-refractivity contribution in [2.75, 3.05) is 6.61 Å². The van der Waals surface area contributed by atoms with Crippen molar-refractivity contribution in [3.8, 4) is 0 Å². The van der Waals surface area contributed by atoms with E-state index >= 15 is 0 Å². The van der Waals surface area contributed by atoms with Gasteiger partial charge in [0.25, 0.3) is 0 Å². The quantitative estimate of drug-likeness (QED) is 0.378. The smallest absolute Gasteiger partial charge is 0.330 e. The van der Waals surface area contributed by atoms with E-state index in [0.717, 1.165) is 6.42 Å². The lowest BCUT2D eigenvalue weighted by Crippen LogP contribution is -2.29. The first-order valence-electron chi connectivity index (χ1n) is 6.00. The Hall–Kier alpha value is -0.573. The highest BCUT2D eigenvalue weighted by Crippen LogP contribution is 2.21. The second-order valence-corrected chi connectivity index (χ2v) is 9.10. The number of hydrogen-bond donors (Lipinski definition) is 0. The molecular formula is C12H24O2Si. The van der Waals surface area contributed by atoms with E-state index in [-0.39, 0.29) is 5.97 Å². The molecule has 0 aromatic rings. The Morgan fingerprint density at radius 1 is 1.13 bits per heavy atom. The van der Waals surface area contributed by atoms with E-state index < -0.39 is 8.07 Å². The highest BCUT2D eigenvalue weighted by atomic mass is 28.3. The van der Waals surface area contributed by atoms with Crippen LogP contribution in [0.15, 0.2) is 11.8 Å². The second kappa shape index (κ2) is 7.68. The van der Waals surface area contributed by atoms with Gasteiger partial charge < -0.3 is 4.74 Å². The minimum atomic E-state index is -1.30. The summed E-state index contributed by atoms with van der Waals surface area (Å²) in [4.78, 5) is 11.3. The van der Waals surface area contributed by atoms with Gasteiger partial charge in [-0.25, -0.2) is 4.79 Å². The van der Waals surface area contributed by atoms with E-state index in [2.05, 4.69) is 26.5 Å². The molecule has 0 aliphatic heterocycles. The standard InChI is InChI=1S/C12H24O2Si/c1-5-10-14-12(13)9-11-15(6-2,7-3)8-4/h9,11H,5-8,10H2,1-4H3. The summed E-state index contributed by atoms with van der Waals surface area (Å²) in [5, 5.41) is 0. The van der Waals surface area contributed by atoms with Crippen LogP contribution in [0.4, 0.5) is 0 Å². The summed E-state index contributed by atoms with van der Waals surface area (Å²) < 4.78 is 5.02. The van der Waals surface area contributed by atoms with Gasteiger partial charge >= 0.3 is 5.97 Å². The molecule has 0 saturated carbocycles. The Labute approximate surface area is 94.7 Å². The lowest BCUT2D eigenvalue weighted by atomic mass is 10.5. The van der Waals surface area contributed by atoms with Crippen molar-refractivity contribution >= 4 is 14.0 Å². The molecule has 0 saturated heterocycles. The first-order valence-corrected chi connectivity index (χ1v) is 8.70. The van der Waals surface area contributed by atoms with Crippen LogP contribution in [0.5, 0.6) is 0 Å². The minimum Gasteiger partial charge on any atom is -0.463 e. The van der Waals surface area contributed by atoms with Crippen molar-refractivity contribution in [2.45, 2.75) is 52.2 Å². The van der Waals surface area contributed by atoms with Crippen molar-refractivity contribution in [1.29, 1.82) is 0 Å². The second-order valence-electron chi connectivity index (χ2n) is 3.92. The first-order chi connectivity index (χ1) is 7.14. The summed E-state index contributed by atoms with van der Waals surface area (Å²) in [7, 11) is -1.30. The molecule has 0 atom stereocenters. The molecule has 0 amide bonds. The van der Waals surface area contributed by atoms with Crippen LogP contribution in [0, 0.1) is 0 Å². The Morgan fingerprint density at radius 3 is 2.07 bits per heavy atom. The van der Waals surface area contributed by atoms with Crippen molar-refractivity contribution < 1.29 is 9.53 Å². The van der Waals surface area contributed by atoms with Gasteiger partial charge in [0.1, 0.15) is 0 Å². The van der Waals surface area contributed by atoms with E-state index in [4.69, 9.17) is 4.74 Å². The van der Waals surface area contributed by atoms with Gasteiger partial charge in [-0.05, 0) is 6.42 Å². The molecule has 0 aliphatic rings. The maximum atomic E-state index is 11.3. The van der Waals surface area contributed by atoms with Crippen LogP contribution in [0.3, 0.4) is 0 Å². The minimum absolute atomic E-state index is 0.177. The third kappa shape index (κ3) is 5.16. The molecule has 0 rings (SSSR count). The van der Waals surface area contributed by atoms with E-state index in [9.17, 15) is 4.79 Å². The predicted molar refractivity (Wildman–Crippen MR) is 67.6 cm³/mol. The third-order valence-electron chi connectivity index (χ3n) is 3.13. The molecule has 2 nitrogen and oxygen atoms in total. The molecule has 0 aromatic carbocycles. The van der Waals surface area contributed by atoms with Crippen molar-refractivity contribution in [2.24, 2.45) is 0 Å². The maximum absolute atomic E-state index is 11.3. The van der Waals surface area contributed by atoms with Crippen molar-refractivity contribution in [1.82, 2.24) is 0 Å². The molecule has 0 unspecified atom stereocenters. The fourth-order valence-corrected chi connectivity index (χ4v) is 4.30. The van der Waals surface area contributed by atoms with Gasteiger partial charge in [-0.1, -0.05) is 51.5 Å². The van der Waals surface area contributed by atoms with Crippen LogP contribution in [-0.4, -0.2) is 20.7 Å². The molecule has 0 spiro atoms. The van der Waals surface area contributed by atoms with Crippen LogP contribution in [0.25, 0.3) is 0 Å². The maximum Gasteiger partial charge on any atom is 0.330 e. The molecule has 0 heterocycles. The SMILES string of the molecule is CCCOC(=O)C=C[Si](CC)(CC)CC. The van der Waals surface area contributed by atoms with Gasteiger partial charge in [0.15, 0.2) is 0 Å². The Morgan fingerprint density at radius 2 is 1.67 bits per heavy atom. The van der Waals surface area contributed by atoms with Gasteiger partial charge in [0.05, 0.1) is 14.7 Å². The lowest BCUT2D eigenvalue weighted by Gasteiger charge is -2.23. The summed E-state index contributed by atoms with van der Waals surface area (Å²) >= 11 is 0. The van der Waals surface area contributed by atoms with E-state index in [1.54, 1.807) is 6.08 Å². The Balaban J connectivity index is 4.26. The van der Waals surface area contributed by atoms with E-state index in [0.29, 0.717) is 6.61 Å². The lowest BCUT2D eigenvalue weighted by molar-refractivity contribution is -0.137. The molecule has 0 aromatic heterocycles. The molecule has 88 valence electrons. The summed E-state index contributed by atoms with van der Waals surface area (Å²) in [5.74, 6) is -0.177. The van der Waals surface area contributed by atoms with Gasteiger partial charge in [-0.15, -0.1) is 0 Å². The van der Waals surface area contributed by atoms with Crippen LogP contribution in [0.1, 0.15) is 34.1 Å². The third-order valence-corrected chi connectivity index (χ3v) is 8.23. The number of rotatable bonds is 7. The first kappa shape index (κ1) is 14.4. The summed E-state index contributed by atoms with van der Waals surface area (Å²) in [6, 6.07) is 3.62. The monoisotopic (exact) mass is 228 g/mol. The molecule has 0 fully saturated rings. The predicted octanol–water partition coefficient (Wildman–Crippen LogP) is 3.54. The molecular weight excluding hydrogens is 204 g/mol. The van der Waals surface area contributed by atoms with Crippen LogP contribution >= 0.6 is 0 Å². The fraction of sp³-hybridized carbons (Fsp3) is 0.750. The summed E-state index contributed by atoms with van der Waals surface area (Å²) in [5.41, 5.74) is 2.16. The molecule has 0 aliphatic carbocycles. The van der Waals surface area contributed by atoms with Crippen LogP contribution in [-0.2, 0) is 9.53 Å². The number of ether oxygens (including phenoxy) is 1. The highest BCUT2D eigenvalue weighted by molar-refractivity contribution is 6.84. The Bertz CT molecular complexity index is 199. The number of carbonyl (C=O) groups is 1. The topological polar surface area (TPSA) is 26.3 Å². The van der Waals surface area contributed by atoms with Gasteiger partial charge in [-0.2, -0.15) is 0 Å². The van der Waals surface area contributed by atoms with E-state index in [1.165, 1.54) is 18.1 Å². The molecule has 0 N–H and O–H groups in total.